The number of nitrogens with zero attached hydrogens (tertiary/aromatic N) is 4. The highest BCUT2D eigenvalue weighted by Crippen LogP contribution is 2.34. The lowest BCUT2D eigenvalue weighted by molar-refractivity contribution is 0.0445. The predicted octanol–water partition coefficient (Wildman–Crippen LogP) is -0.102. The Bertz CT molecular complexity index is 644. The molecule has 0 aliphatic heterocycles. The van der Waals surface area contributed by atoms with Crippen molar-refractivity contribution >= 4 is 24.6 Å². The van der Waals surface area contributed by atoms with Gasteiger partial charge in [-0.25, -0.2) is 19.3 Å². The van der Waals surface area contributed by atoms with Gasteiger partial charge in [-0.05, 0) is 0 Å². The van der Waals surface area contributed by atoms with Crippen LogP contribution in [0.3, 0.4) is 0 Å². The number of hydrogen-bond acceptors (Lipinski definition) is 6. The van der Waals surface area contributed by atoms with Crippen LogP contribution < -0.4 is 5.73 Å². The Kier molecular flexibility index (Phi) is 4.29. The summed E-state index contributed by atoms with van der Waals surface area (Å²) in [6.07, 6.45) is 0.776. The van der Waals surface area contributed by atoms with Crippen molar-refractivity contribution in [3.63, 3.8) is 0 Å². The number of hydrogen-bond donors (Lipinski definition) is 3. The lowest BCUT2D eigenvalue weighted by Gasteiger charge is -2.15. The molecule has 2 rings (SSSR count). The molecule has 0 spiro atoms. The van der Waals surface area contributed by atoms with Gasteiger partial charge in [-0.2, -0.15) is 0 Å². The van der Waals surface area contributed by atoms with Crippen LogP contribution in [0, 0.1) is 0 Å². The molecule has 1 atom stereocenters. The fourth-order valence-electron chi connectivity index (χ4n) is 1.60. The Morgan fingerprint density at radius 3 is 2.85 bits per heavy atom. The summed E-state index contributed by atoms with van der Waals surface area (Å²) in [5.74, 6) is 0.196. The van der Waals surface area contributed by atoms with Crippen LogP contribution in [0.1, 0.15) is 0 Å². The number of halogens is 1. The first-order valence-corrected chi connectivity index (χ1v) is 7.34. The zero-order chi connectivity index (χ0) is 14.8. The molecule has 2 heterocycles. The molecular formula is C9H13FN5O4P. The number of imidazole rings is 1. The van der Waals surface area contributed by atoms with Crippen LogP contribution in [-0.2, 0) is 15.8 Å². The van der Waals surface area contributed by atoms with E-state index in [0.29, 0.717) is 11.2 Å². The second-order valence-electron chi connectivity index (χ2n) is 4.06. The molecular weight excluding hydrogens is 292 g/mol. The third-order valence-corrected chi connectivity index (χ3v) is 2.97. The summed E-state index contributed by atoms with van der Waals surface area (Å²) in [6.45, 7) is -0.899. The molecule has 2 aromatic heterocycles. The molecule has 0 aromatic carbocycles. The molecule has 0 saturated heterocycles. The van der Waals surface area contributed by atoms with Gasteiger partial charge in [-0.15, -0.1) is 0 Å². The third-order valence-electron chi connectivity index (χ3n) is 2.48. The first-order chi connectivity index (χ1) is 9.40. The van der Waals surface area contributed by atoms with E-state index in [-0.39, 0.29) is 12.4 Å². The van der Waals surface area contributed by atoms with E-state index in [0.717, 1.165) is 0 Å². The molecule has 0 bridgehead atoms. The highest BCUT2D eigenvalue weighted by atomic mass is 31.2. The second kappa shape index (κ2) is 5.80. The Balaban J connectivity index is 2.14. The van der Waals surface area contributed by atoms with E-state index >= 15 is 0 Å². The van der Waals surface area contributed by atoms with E-state index < -0.39 is 26.7 Å². The van der Waals surface area contributed by atoms with Crippen LogP contribution in [-0.4, -0.2) is 48.4 Å². The van der Waals surface area contributed by atoms with Gasteiger partial charge in [-0.3, -0.25) is 4.57 Å². The van der Waals surface area contributed by atoms with Gasteiger partial charge in [0.25, 0.3) is 0 Å². The largest absolute Gasteiger partial charge is 0.382 e. The van der Waals surface area contributed by atoms with Crippen molar-refractivity contribution in [2.75, 3.05) is 18.8 Å². The average molecular weight is 305 g/mol. The van der Waals surface area contributed by atoms with E-state index in [1.54, 1.807) is 0 Å². The van der Waals surface area contributed by atoms with Crippen LogP contribution in [0.4, 0.5) is 10.2 Å². The van der Waals surface area contributed by atoms with Gasteiger partial charge < -0.3 is 24.8 Å². The molecule has 1 unspecified atom stereocenters. The smallest absolute Gasteiger partial charge is 0.350 e. The van der Waals surface area contributed by atoms with Crippen LogP contribution >= 0.6 is 7.60 Å². The standard InChI is InChI=1S/C9H13FN5O4P/c10-1-6(19-5-20(16,17)18)2-15-4-14-7-8(11)12-3-13-9(7)15/h3-4,6H,1-2,5H2,(H2,11,12,13)(H2,16,17,18). The summed E-state index contributed by atoms with van der Waals surface area (Å²) in [4.78, 5) is 29.2. The molecule has 110 valence electrons. The Labute approximate surface area is 112 Å². The number of nitrogens with two attached hydrogens (primary N) is 1. The van der Waals surface area contributed by atoms with Crippen molar-refractivity contribution in [3.05, 3.63) is 12.7 Å². The van der Waals surface area contributed by atoms with Gasteiger partial charge in [0.1, 0.15) is 31.0 Å². The number of aromatic nitrogens is 4. The molecule has 9 nitrogen and oxygen atoms in total. The summed E-state index contributed by atoms with van der Waals surface area (Å²) in [5, 5.41) is 0. The third kappa shape index (κ3) is 3.48. The predicted molar refractivity (Wildman–Crippen MR) is 67.5 cm³/mol. The van der Waals surface area contributed by atoms with Crippen LogP contribution in [0.5, 0.6) is 0 Å². The van der Waals surface area contributed by atoms with Crippen LogP contribution in [0.25, 0.3) is 11.2 Å². The number of nitrogen functional groups attached to an aromatic ring is 1. The maximum absolute atomic E-state index is 12.8. The van der Waals surface area contributed by atoms with Crippen molar-refractivity contribution in [2.24, 2.45) is 0 Å². The van der Waals surface area contributed by atoms with E-state index in [1.807, 2.05) is 0 Å². The number of alkyl halides is 1. The molecule has 0 aliphatic carbocycles. The topological polar surface area (TPSA) is 136 Å². The van der Waals surface area contributed by atoms with Gasteiger partial charge in [0.05, 0.1) is 12.9 Å². The molecule has 20 heavy (non-hydrogen) atoms. The first kappa shape index (κ1) is 14.8. The van der Waals surface area contributed by atoms with Gasteiger partial charge in [0, 0.05) is 0 Å². The van der Waals surface area contributed by atoms with E-state index in [4.69, 9.17) is 20.3 Å². The van der Waals surface area contributed by atoms with Crippen molar-refractivity contribution in [1.82, 2.24) is 19.5 Å². The van der Waals surface area contributed by atoms with E-state index in [9.17, 15) is 8.96 Å². The molecule has 0 radical (unpaired) electrons. The molecule has 4 N–H and O–H groups in total. The zero-order valence-electron chi connectivity index (χ0n) is 10.3. The fourth-order valence-corrected chi connectivity index (χ4v) is 2.01. The molecule has 0 amide bonds. The van der Waals surface area contributed by atoms with Gasteiger partial charge in [-0.1, -0.05) is 0 Å². The van der Waals surface area contributed by atoms with E-state index in [2.05, 4.69) is 15.0 Å². The summed E-state index contributed by atoms with van der Waals surface area (Å²) in [6, 6.07) is 0. The Morgan fingerprint density at radius 1 is 1.45 bits per heavy atom. The maximum Gasteiger partial charge on any atom is 0.350 e. The lowest BCUT2D eigenvalue weighted by Crippen LogP contribution is -2.22. The molecule has 0 aliphatic rings. The minimum atomic E-state index is -4.34. The summed E-state index contributed by atoms with van der Waals surface area (Å²) >= 11 is 0. The number of anilines is 1. The molecule has 2 aromatic rings. The summed E-state index contributed by atoms with van der Waals surface area (Å²) in [7, 11) is -4.34. The summed E-state index contributed by atoms with van der Waals surface area (Å²) in [5.41, 5.74) is 6.39. The molecule has 11 heteroatoms. The highest BCUT2D eigenvalue weighted by molar-refractivity contribution is 7.51. The quantitative estimate of drug-likeness (QED) is 0.629. The minimum absolute atomic E-state index is 0.00343. The van der Waals surface area contributed by atoms with Crippen LogP contribution in [0.2, 0.25) is 0 Å². The number of rotatable bonds is 6. The zero-order valence-corrected chi connectivity index (χ0v) is 11.2. The van der Waals surface area contributed by atoms with E-state index in [1.165, 1.54) is 17.2 Å². The minimum Gasteiger partial charge on any atom is -0.382 e. The number of ether oxygens (including phenoxy) is 1. The average Bonchev–Trinajstić information content (AvgIpc) is 2.78. The molecule has 0 fully saturated rings. The summed E-state index contributed by atoms with van der Waals surface area (Å²) < 4.78 is 29.9. The van der Waals surface area contributed by atoms with Gasteiger partial charge in [0.2, 0.25) is 0 Å². The SMILES string of the molecule is Nc1ncnc2c1ncn2CC(CF)OCP(=O)(O)O. The lowest BCUT2D eigenvalue weighted by atomic mass is 10.4. The Hall–Kier alpha value is -1.61. The second-order valence-corrected chi connectivity index (χ2v) is 5.65. The highest BCUT2D eigenvalue weighted by Gasteiger charge is 2.19. The van der Waals surface area contributed by atoms with Crippen molar-refractivity contribution in [3.8, 4) is 0 Å². The monoisotopic (exact) mass is 305 g/mol. The maximum atomic E-state index is 12.8. The normalized spacial score (nSPS) is 13.8. The van der Waals surface area contributed by atoms with Crippen molar-refractivity contribution < 1.29 is 23.5 Å². The number of fused-ring (bicyclic) bond motifs is 1. The van der Waals surface area contributed by atoms with Gasteiger partial charge in [0.15, 0.2) is 11.5 Å². The fraction of sp³-hybridized carbons (Fsp3) is 0.444. The first-order valence-electron chi connectivity index (χ1n) is 5.54. The van der Waals surface area contributed by atoms with Crippen molar-refractivity contribution in [2.45, 2.75) is 12.6 Å². The molecule has 0 saturated carbocycles. The van der Waals surface area contributed by atoms with Crippen LogP contribution in [0.15, 0.2) is 12.7 Å². The van der Waals surface area contributed by atoms with Gasteiger partial charge >= 0.3 is 7.60 Å². The van der Waals surface area contributed by atoms with Crippen molar-refractivity contribution in [1.29, 1.82) is 0 Å². The Morgan fingerprint density at radius 2 is 2.20 bits per heavy atom.